The lowest BCUT2D eigenvalue weighted by molar-refractivity contribution is 0.102. The lowest BCUT2D eigenvalue weighted by Gasteiger charge is -2.07. The lowest BCUT2D eigenvalue weighted by atomic mass is 10.0. The summed E-state index contributed by atoms with van der Waals surface area (Å²) < 4.78 is 11.0. The number of aryl methyl sites for hydroxylation is 1. The van der Waals surface area contributed by atoms with Crippen molar-refractivity contribution in [3.8, 4) is 17.1 Å². The van der Waals surface area contributed by atoms with E-state index in [9.17, 15) is 4.79 Å². The molecule has 0 unspecified atom stereocenters. The van der Waals surface area contributed by atoms with E-state index in [1.165, 1.54) is 5.56 Å². The van der Waals surface area contributed by atoms with E-state index < -0.39 is 0 Å². The van der Waals surface area contributed by atoms with Crippen molar-refractivity contribution in [1.29, 1.82) is 0 Å². The van der Waals surface area contributed by atoms with Crippen molar-refractivity contribution in [3.63, 3.8) is 0 Å². The van der Waals surface area contributed by atoms with Gasteiger partial charge in [0, 0.05) is 16.8 Å². The van der Waals surface area contributed by atoms with Crippen molar-refractivity contribution in [2.45, 2.75) is 13.8 Å². The molecule has 4 aromatic rings. The highest BCUT2D eigenvalue weighted by Gasteiger charge is 2.14. The van der Waals surface area contributed by atoms with Gasteiger partial charge in [-0.1, -0.05) is 35.0 Å². The fourth-order valence-electron chi connectivity index (χ4n) is 3.00. The Morgan fingerprint density at radius 3 is 2.50 bits per heavy atom. The number of hydrogen-bond acceptors (Lipinski definition) is 4. The molecule has 1 aromatic heterocycles. The summed E-state index contributed by atoms with van der Waals surface area (Å²) in [5.74, 6) is 1.24. The van der Waals surface area contributed by atoms with Crippen molar-refractivity contribution in [1.82, 2.24) is 5.16 Å². The molecule has 3 aromatic carbocycles. The second-order valence-electron chi connectivity index (χ2n) is 6.52. The number of aromatic nitrogens is 1. The number of carbonyl (C=O) groups excluding carboxylic acids is 1. The molecule has 0 bridgehead atoms. The van der Waals surface area contributed by atoms with Crippen LogP contribution in [0.25, 0.3) is 22.2 Å². The molecule has 1 N–H and O–H groups in total. The second-order valence-corrected chi connectivity index (χ2v) is 6.52. The Labute approximate surface area is 162 Å². The molecular weight excluding hydrogens is 352 g/mol. The Hall–Kier alpha value is -3.60. The van der Waals surface area contributed by atoms with Gasteiger partial charge < -0.3 is 14.6 Å². The van der Waals surface area contributed by atoms with Gasteiger partial charge >= 0.3 is 0 Å². The number of fused-ring (bicyclic) bond motifs is 1. The van der Waals surface area contributed by atoms with Gasteiger partial charge in [-0.05, 0) is 56.3 Å². The number of rotatable bonds is 5. The van der Waals surface area contributed by atoms with Crippen molar-refractivity contribution in [2.75, 3.05) is 11.9 Å². The maximum atomic E-state index is 12.7. The Kier molecular flexibility index (Phi) is 4.81. The highest BCUT2D eigenvalue weighted by molar-refractivity contribution is 6.07. The van der Waals surface area contributed by atoms with E-state index >= 15 is 0 Å². The highest BCUT2D eigenvalue weighted by Crippen LogP contribution is 2.30. The van der Waals surface area contributed by atoms with Crippen LogP contribution in [0, 0.1) is 6.92 Å². The van der Waals surface area contributed by atoms with E-state index in [-0.39, 0.29) is 5.91 Å². The van der Waals surface area contributed by atoms with Gasteiger partial charge in [-0.2, -0.15) is 0 Å². The fourth-order valence-corrected chi connectivity index (χ4v) is 3.00. The first kappa shape index (κ1) is 17.8. The van der Waals surface area contributed by atoms with Gasteiger partial charge in [0.25, 0.3) is 5.91 Å². The third kappa shape index (κ3) is 3.60. The molecule has 0 aliphatic rings. The SMILES string of the molecule is CCOc1ccc(NC(=O)c2ccc3noc(-c4ccc(C)cc4)c3c2)cc1. The Bertz CT molecular complexity index is 1110. The minimum Gasteiger partial charge on any atom is -0.494 e. The fraction of sp³-hybridized carbons (Fsp3) is 0.130. The van der Waals surface area contributed by atoms with E-state index in [0.29, 0.717) is 29.1 Å². The summed E-state index contributed by atoms with van der Waals surface area (Å²) in [7, 11) is 0. The third-order valence-electron chi connectivity index (χ3n) is 4.48. The van der Waals surface area contributed by atoms with Gasteiger partial charge in [0.1, 0.15) is 11.3 Å². The van der Waals surface area contributed by atoms with Crippen LogP contribution in [0.15, 0.2) is 71.3 Å². The molecule has 0 saturated heterocycles. The molecule has 0 aliphatic carbocycles. The number of hydrogen-bond donors (Lipinski definition) is 1. The Morgan fingerprint density at radius 2 is 1.79 bits per heavy atom. The molecule has 0 fully saturated rings. The summed E-state index contributed by atoms with van der Waals surface area (Å²) in [6.07, 6.45) is 0. The van der Waals surface area contributed by atoms with Crippen LogP contribution >= 0.6 is 0 Å². The van der Waals surface area contributed by atoms with E-state index in [0.717, 1.165) is 16.7 Å². The maximum Gasteiger partial charge on any atom is 0.255 e. The van der Waals surface area contributed by atoms with Crippen LogP contribution in [0.4, 0.5) is 5.69 Å². The van der Waals surface area contributed by atoms with Gasteiger partial charge in [-0.3, -0.25) is 4.79 Å². The van der Waals surface area contributed by atoms with Gasteiger partial charge in [0.2, 0.25) is 0 Å². The van der Waals surface area contributed by atoms with Crippen molar-refractivity contribution >= 4 is 22.5 Å². The molecule has 5 heteroatoms. The second kappa shape index (κ2) is 7.56. The summed E-state index contributed by atoms with van der Waals surface area (Å²) in [4.78, 5) is 12.7. The van der Waals surface area contributed by atoms with Crippen LogP contribution < -0.4 is 10.1 Å². The standard InChI is InChI=1S/C23H20N2O3/c1-3-27-19-11-9-18(10-12-19)24-23(26)17-8-13-21-20(14-17)22(28-25-21)16-6-4-15(2)5-7-16/h4-14H,3H2,1-2H3,(H,24,26). The van der Waals surface area contributed by atoms with Crippen LogP contribution in [0.1, 0.15) is 22.8 Å². The van der Waals surface area contributed by atoms with Crippen LogP contribution in [0.5, 0.6) is 5.75 Å². The maximum absolute atomic E-state index is 12.7. The zero-order valence-corrected chi connectivity index (χ0v) is 15.7. The van der Waals surface area contributed by atoms with Crippen molar-refractivity contribution in [3.05, 3.63) is 77.9 Å². The largest absolute Gasteiger partial charge is 0.494 e. The van der Waals surface area contributed by atoms with Crippen LogP contribution in [0.3, 0.4) is 0 Å². The monoisotopic (exact) mass is 372 g/mol. The van der Waals surface area contributed by atoms with Gasteiger partial charge in [-0.15, -0.1) is 0 Å². The van der Waals surface area contributed by atoms with Gasteiger partial charge in [0.15, 0.2) is 5.76 Å². The minimum atomic E-state index is -0.192. The molecule has 5 nitrogen and oxygen atoms in total. The molecule has 0 atom stereocenters. The average Bonchev–Trinajstić information content (AvgIpc) is 3.13. The Morgan fingerprint density at radius 1 is 1.04 bits per heavy atom. The summed E-state index contributed by atoms with van der Waals surface area (Å²) in [6.45, 7) is 4.57. The molecule has 0 spiro atoms. The molecule has 0 aliphatic heterocycles. The van der Waals surface area contributed by atoms with Crippen LogP contribution in [0.2, 0.25) is 0 Å². The molecule has 1 amide bonds. The normalized spacial score (nSPS) is 10.8. The molecule has 0 radical (unpaired) electrons. The van der Waals surface area contributed by atoms with E-state index in [4.69, 9.17) is 9.26 Å². The number of nitrogens with one attached hydrogen (secondary N) is 1. The highest BCUT2D eigenvalue weighted by atomic mass is 16.5. The molecule has 28 heavy (non-hydrogen) atoms. The molecule has 1 heterocycles. The van der Waals surface area contributed by atoms with Gasteiger partial charge in [-0.25, -0.2) is 0 Å². The lowest BCUT2D eigenvalue weighted by Crippen LogP contribution is -2.11. The first-order valence-electron chi connectivity index (χ1n) is 9.15. The summed E-state index contributed by atoms with van der Waals surface area (Å²) in [5.41, 5.74) is 4.06. The molecule has 0 saturated carbocycles. The minimum absolute atomic E-state index is 0.192. The predicted octanol–water partition coefficient (Wildman–Crippen LogP) is 5.45. The van der Waals surface area contributed by atoms with Crippen molar-refractivity contribution < 1.29 is 14.1 Å². The summed E-state index contributed by atoms with van der Waals surface area (Å²) in [6, 6.07) is 20.7. The zero-order chi connectivity index (χ0) is 19.5. The smallest absolute Gasteiger partial charge is 0.255 e. The van der Waals surface area contributed by atoms with Gasteiger partial charge in [0.05, 0.1) is 12.0 Å². The quantitative estimate of drug-likeness (QED) is 0.506. The number of nitrogens with zero attached hydrogens (tertiary/aromatic N) is 1. The van der Waals surface area contributed by atoms with Crippen LogP contribution in [-0.2, 0) is 0 Å². The van der Waals surface area contributed by atoms with E-state index in [1.54, 1.807) is 12.1 Å². The van der Waals surface area contributed by atoms with Crippen LogP contribution in [-0.4, -0.2) is 17.7 Å². The zero-order valence-electron chi connectivity index (χ0n) is 15.7. The van der Waals surface area contributed by atoms with Crippen molar-refractivity contribution in [2.24, 2.45) is 0 Å². The molecular formula is C23H20N2O3. The number of anilines is 1. The Balaban J connectivity index is 1.60. The first-order chi connectivity index (χ1) is 13.6. The number of ether oxygens (including phenoxy) is 1. The number of benzene rings is 3. The number of carbonyl (C=O) groups is 1. The summed E-state index contributed by atoms with van der Waals surface area (Å²) >= 11 is 0. The predicted molar refractivity (Wildman–Crippen MR) is 110 cm³/mol. The third-order valence-corrected chi connectivity index (χ3v) is 4.48. The first-order valence-corrected chi connectivity index (χ1v) is 9.15. The van der Waals surface area contributed by atoms with E-state index in [2.05, 4.69) is 10.5 Å². The molecule has 140 valence electrons. The summed E-state index contributed by atoms with van der Waals surface area (Å²) in [5, 5.41) is 7.82. The number of amides is 1. The molecule has 4 rings (SSSR count). The topological polar surface area (TPSA) is 64.4 Å². The van der Waals surface area contributed by atoms with E-state index in [1.807, 2.05) is 68.4 Å². The average molecular weight is 372 g/mol.